The SMILES string of the molecule is Cc1cccc(NC(=O)C(C#N)=Cc2cc(C)n(C3CCCCC3)c2C)c1. The Morgan fingerprint density at radius 2 is 1.93 bits per heavy atom. The van der Waals surface area contributed by atoms with E-state index < -0.39 is 0 Å². The van der Waals surface area contributed by atoms with Gasteiger partial charge in [-0.05, 0) is 69.0 Å². The van der Waals surface area contributed by atoms with Crippen LogP contribution in [-0.2, 0) is 4.79 Å². The van der Waals surface area contributed by atoms with Crippen LogP contribution in [0.15, 0.2) is 35.9 Å². The molecule has 0 unspecified atom stereocenters. The predicted octanol–water partition coefficient (Wildman–Crippen LogP) is 5.46. The van der Waals surface area contributed by atoms with Gasteiger partial charge in [-0.1, -0.05) is 31.4 Å². The van der Waals surface area contributed by atoms with Crippen LogP contribution in [0.3, 0.4) is 0 Å². The highest BCUT2D eigenvalue weighted by molar-refractivity contribution is 6.09. The molecule has 1 heterocycles. The van der Waals surface area contributed by atoms with Crippen LogP contribution in [-0.4, -0.2) is 10.5 Å². The highest BCUT2D eigenvalue weighted by Gasteiger charge is 2.20. The Labute approximate surface area is 161 Å². The summed E-state index contributed by atoms with van der Waals surface area (Å²) < 4.78 is 2.39. The van der Waals surface area contributed by atoms with E-state index >= 15 is 0 Å². The number of aromatic nitrogens is 1. The Kier molecular flexibility index (Phi) is 5.81. The molecule has 0 bridgehead atoms. The molecule has 0 spiro atoms. The Morgan fingerprint density at radius 1 is 1.19 bits per heavy atom. The number of rotatable bonds is 4. The lowest BCUT2D eigenvalue weighted by Gasteiger charge is -2.26. The number of aryl methyl sites for hydroxylation is 2. The van der Waals surface area contributed by atoms with Gasteiger partial charge in [0.15, 0.2) is 0 Å². The first kappa shape index (κ1) is 19.0. The summed E-state index contributed by atoms with van der Waals surface area (Å²) >= 11 is 0. The smallest absolute Gasteiger partial charge is 0.266 e. The lowest BCUT2D eigenvalue weighted by Crippen LogP contribution is -2.15. The van der Waals surface area contributed by atoms with Crippen molar-refractivity contribution in [2.75, 3.05) is 5.32 Å². The standard InChI is InChI=1S/C23H27N3O/c1-16-8-7-9-21(12-16)25-23(27)20(15-24)14-19-13-17(2)26(18(19)3)22-10-5-4-6-11-22/h7-9,12-14,22H,4-6,10-11H2,1-3H3,(H,25,27). The molecule has 140 valence electrons. The summed E-state index contributed by atoms with van der Waals surface area (Å²) in [6.45, 7) is 6.16. The molecule has 2 aromatic rings. The summed E-state index contributed by atoms with van der Waals surface area (Å²) in [5.74, 6) is -0.370. The summed E-state index contributed by atoms with van der Waals surface area (Å²) in [5, 5.41) is 12.3. The molecule has 4 heteroatoms. The average molecular weight is 361 g/mol. The Hall–Kier alpha value is -2.80. The zero-order valence-electron chi connectivity index (χ0n) is 16.4. The van der Waals surface area contributed by atoms with Gasteiger partial charge < -0.3 is 9.88 Å². The maximum Gasteiger partial charge on any atom is 0.266 e. The molecule has 27 heavy (non-hydrogen) atoms. The minimum atomic E-state index is -0.370. The van der Waals surface area contributed by atoms with E-state index in [1.807, 2.05) is 31.2 Å². The van der Waals surface area contributed by atoms with Crippen molar-refractivity contribution in [1.29, 1.82) is 5.26 Å². The molecule has 1 saturated carbocycles. The molecule has 0 aliphatic heterocycles. The predicted molar refractivity (Wildman–Crippen MR) is 109 cm³/mol. The minimum Gasteiger partial charge on any atom is -0.346 e. The summed E-state index contributed by atoms with van der Waals surface area (Å²) in [4.78, 5) is 12.6. The van der Waals surface area contributed by atoms with Crippen molar-refractivity contribution < 1.29 is 4.79 Å². The molecular weight excluding hydrogens is 334 g/mol. The molecule has 1 aromatic heterocycles. The van der Waals surface area contributed by atoms with Crippen LogP contribution in [0.5, 0.6) is 0 Å². The van der Waals surface area contributed by atoms with Gasteiger partial charge in [-0.3, -0.25) is 4.79 Å². The first-order valence-electron chi connectivity index (χ1n) is 9.68. The number of benzene rings is 1. The Morgan fingerprint density at radius 3 is 2.59 bits per heavy atom. The van der Waals surface area contributed by atoms with Crippen molar-refractivity contribution in [3.05, 3.63) is 58.4 Å². The van der Waals surface area contributed by atoms with Crippen molar-refractivity contribution in [2.24, 2.45) is 0 Å². The first-order chi connectivity index (χ1) is 13.0. The third-order valence-corrected chi connectivity index (χ3v) is 5.40. The third-order valence-electron chi connectivity index (χ3n) is 5.40. The van der Waals surface area contributed by atoms with Gasteiger partial charge in [-0.15, -0.1) is 0 Å². The fraction of sp³-hybridized carbons (Fsp3) is 0.391. The van der Waals surface area contributed by atoms with E-state index in [-0.39, 0.29) is 11.5 Å². The largest absolute Gasteiger partial charge is 0.346 e. The summed E-state index contributed by atoms with van der Waals surface area (Å²) in [6, 6.07) is 12.3. The third kappa shape index (κ3) is 4.31. The quantitative estimate of drug-likeness (QED) is 0.580. The van der Waals surface area contributed by atoms with E-state index in [0.29, 0.717) is 11.7 Å². The molecule has 3 rings (SSSR count). The van der Waals surface area contributed by atoms with E-state index in [4.69, 9.17) is 0 Å². The molecule has 0 saturated heterocycles. The monoisotopic (exact) mass is 361 g/mol. The minimum absolute atomic E-state index is 0.125. The van der Waals surface area contributed by atoms with Gasteiger partial charge in [0, 0.05) is 23.1 Å². The molecule has 1 aliphatic carbocycles. The van der Waals surface area contributed by atoms with Crippen LogP contribution in [0.25, 0.3) is 6.08 Å². The number of hydrogen-bond acceptors (Lipinski definition) is 2. The number of anilines is 1. The van der Waals surface area contributed by atoms with E-state index in [1.54, 1.807) is 6.08 Å². The molecule has 1 N–H and O–H groups in total. The number of carbonyl (C=O) groups is 1. The number of nitrogens with one attached hydrogen (secondary N) is 1. The van der Waals surface area contributed by atoms with Crippen molar-refractivity contribution in [3.8, 4) is 6.07 Å². The van der Waals surface area contributed by atoms with Crippen LogP contribution in [0.4, 0.5) is 5.69 Å². The van der Waals surface area contributed by atoms with Crippen LogP contribution in [0, 0.1) is 32.1 Å². The van der Waals surface area contributed by atoms with Crippen LogP contribution < -0.4 is 5.32 Å². The van der Waals surface area contributed by atoms with Crippen LogP contribution in [0.1, 0.15) is 60.7 Å². The van der Waals surface area contributed by atoms with E-state index in [2.05, 4.69) is 35.9 Å². The molecular formula is C23H27N3O. The van der Waals surface area contributed by atoms with E-state index in [9.17, 15) is 10.1 Å². The van der Waals surface area contributed by atoms with Crippen molar-refractivity contribution in [3.63, 3.8) is 0 Å². The Balaban J connectivity index is 1.85. The topological polar surface area (TPSA) is 57.8 Å². The second-order valence-electron chi connectivity index (χ2n) is 7.48. The fourth-order valence-corrected chi connectivity index (χ4v) is 4.08. The van der Waals surface area contributed by atoms with Crippen LogP contribution in [0.2, 0.25) is 0 Å². The van der Waals surface area contributed by atoms with Crippen LogP contribution >= 0.6 is 0 Å². The normalized spacial score (nSPS) is 15.4. The molecule has 1 aromatic carbocycles. The fourth-order valence-electron chi connectivity index (χ4n) is 4.08. The van der Waals surface area contributed by atoms with Gasteiger partial charge >= 0.3 is 0 Å². The molecule has 4 nitrogen and oxygen atoms in total. The number of nitrogens with zero attached hydrogens (tertiary/aromatic N) is 2. The lowest BCUT2D eigenvalue weighted by molar-refractivity contribution is -0.112. The van der Waals surface area contributed by atoms with Gasteiger partial charge in [-0.2, -0.15) is 5.26 Å². The van der Waals surface area contributed by atoms with Gasteiger partial charge in [0.25, 0.3) is 5.91 Å². The highest BCUT2D eigenvalue weighted by atomic mass is 16.1. The molecule has 0 radical (unpaired) electrons. The zero-order chi connectivity index (χ0) is 19.4. The maximum atomic E-state index is 12.6. The summed E-state index contributed by atoms with van der Waals surface area (Å²) in [5.41, 5.74) is 5.17. The van der Waals surface area contributed by atoms with Crippen molar-refractivity contribution in [1.82, 2.24) is 4.57 Å². The van der Waals surface area contributed by atoms with E-state index in [1.165, 1.54) is 37.8 Å². The number of hydrogen-bond donors (Lipinski definition) is 1. The maximum absolute atomic E-state index is 12.6. The molecule has 0 atom stereocenters. The van der Waals surface area contributed by atoms with Crippen molar-refractivity contribution >= 4 is 17.7 Å². The lowest BCUT2D eigenvalue weighted by atomic mass is 9.95. The molecule has 1 aliphatic rings. The van der Waals surface area contributed by atoms with Gasteiger partial charge in [0.2, 0.25) is 0 Å². The Bertz CT molecular complexity index is 908. The summed E-state index contributed by atoms with van der Waals surface area (Å²) in [7, 11) is 0. The second kappa shape index (κ2) is 8.26. The van der Waals surface area contributed by atoms with Gasteiger partial charge in [0.1, 0.15) is 11.6 Å². The zero-order valence-corrected chi connectivity index (χ0v) is 16.4. The van der Waals surface area contributed by atoms with Gasteiger partial charge in [-0.25, -0.2) is 0 Å². The first-order valence-corrected chi connectivity index (χ1v) is 9.68. The molecule has 1 fully saturated rings. The number of carbonyl (C=O) groups excluding carboxylic acids is 1. The average Bonchev–Trinajstić information content (AvgIpc) is 2.93. The number of amides is 1. The highest BCUT2D eigenvalue weighted by Crippen LogP contribution is 2.32. The second-order valence-corrected chi connectivity index (χ2v) is 7.48. The number of nitriles is 1. The molecule has 1 amide bonds. The summed E-state index contributed by atoms with van der Waals surface area (Å²) in [6.07, 6.45) is 7.99. The van der Waals surface area contributed by atoms with E-state index in [0.717, 1.165) is 16.8 Å². The van der Waals surface area contributed by atoms with Gasteiger partial charge in [0.05, 0.1) is 0 Å². The van der Waals surface area contributed by atoms with Crippen molar-refractivity contribution in [2.45, 2.75) is 58.9 Å².